The Morgan fingerprint density at radius 2 is 2.25 bits per heavy atom. The van der Waals surface area contributed by atoms with Crippen LogP contribution in [0, 0.1) is 5.82 Å². The van der Waals surface area contributed by atoms with Crippen molar-refractivity contribution in [2.75, 3.05) is 11.5 Å². The number of thioether (sulfide) groups is 1. The van der Waals surface area contributed by atoms with E-state index in [1.807, 2.05) is 6.92 Å². The molecule has 88 valence electrons. The molecule has 5 heteroatoms. The van der Waals surface area contributed by atoms with Crippen LogP contribution in [0.25, 0.3) is 0 Å². The van der Waals surface area contributed by atoms with Gasteiger partial charge in [-0.1, -0.05) is 18.5 Å². The minimum absolute atomic E-state index is 0.0358. The van der Waals surface area contributed by atoms with Crippen LogP contribution in [-0.2, 0) is 0 Å². The van der Waals surface area contributed by atoms with Crippen LogP contribution in [0.4, 0.5) is 4.39 Å². The predicted molar refractivity (Wildman–Crippen MR) is 71.1 cm³/mol. The minimum atomic E-state index is -0.641. The highest BCUT2D eigenvalue weighted by atomic mass is 79.9. The first kappa shape index (κ1) is 14.0. The summed E-state index contributed by atoms with van der Waals surface area (Å²) in [4.78, 5) is 11.7. The number of carbonyl (C=O) groups excluding carboxylic acids is 1. The van der Waals surface area contributed by atoms with E-state index in [9.17, 15) is 9.18 Å². The molecule has 0 amide bonds. The molecule has 1 aromatic rings. The van der Waals surface area contributed by atoms with Crippen molar-refractivity contribution in [1.29, 1.82) is 0 Å². The van der Waals surface area contributed by atoms with Crippen molar-refractivity contribution in [2.24, 2.45) is 0 Å². The average molecular weight is 326 g/mol. The lowest BCUT2D eigenvalue weighted by atomic mass is 10.1. The van der Waals surface area contributed by atoms with Crippen LogP contribution < -0.4 is 0 Å². The van der Waals surface area contributed by atoms with Gasteiger partial charge in [0, 0.05) is 4.47 Å². The van der Waals surface area contributed by atoms with Gasteiger partial charge in [0.05, 0.1) is 16.3 Å². The molecule has 1 aromatic carbocycles. The molecular formula is C11H11BrClFOS. The lowest BCUT2D eigenvalue weighted by Gasteiger charge is -2.05. The standard InChI is InChI=1S/C11H11BrClFOS/c1-2-5-16-6-9(15)7-3-4-8(12)10(13)11(7)14/h3-4H,2,5-6H2,1H3. The third-order valence-corrected chi connectivity index (χ3v) is 4.34. The van der Waals surface area contributed by atoms with E-state index in [0.29, 0.717) is 10.2 Å². The van der Waals surface area contributed by atoms with Gasteiger partial charge in [0.2, 0.25) is 0 Å². The average Bonchev–Trinajstić information content (AvgIpc) is 2.26. The van der Waals surface area contributed by atoms with E-state index in [0.717, 1.165) is 12.2 Å². The molecule has 0 atom stereocenters. The quantitative estimate of drug-likeness (QED) is 0.448. The molecule has 1 nitrogen and oxygen atoms in total. The van der Waals surface area contributed by atoms with Gasteiger partial charge in [-0.15, -0.1) is 0 Å². The monoisotopic (exact) mass is 324 g/mol. The second-order valence-corrected chi connectivity index (χ2v) is 5.54. The zero-order valence-electron chi connectivity index (χ0n) is 8.73. The number of hydrogen-bond donors (Lipinski definition) is 0. The lowest BCUT2D eigenvalue weighted by Crippen LogP contribution is -2.06. The van der Waals surface area contributed by atoms with Crippen LogP contribution in [0.15, 0.2) is 16.6 Å². The highest BCUT2D eigenvalue weighted by Crippen LogP contribution is 2.28. The summed E-state index contributed by atoms with van der Waals surface area (Å²) in [6, 6.07) is 3.04. The number of Topliss-reactive ketones (excluding diaryl/α,β-unsaturated/α-hetero) is 1. The second kappa shape index (κ2) is 6.62. The van der Waals surface area contributed by atoms with Gasteiger partial charge in [-0.25, -0.2) is 4.39 Å². The molecule has 0 heterocycles. The Balaban J connectivity index is 2.80. The number of carbonyl (C=O) groups is 1. The molecule has 0 spiro atoms. The van der Waals surface area contributed by atoms with E-state index in [1.165, 1.54) is 17.8 Å². The highest BCUT2D eigenvalue weighted by molar-refractivity contribution is 9.10. The number of halogens is 3. The third kappa shape index (κ3) is 3.47. The Bertz CT molecular complexity index is 398. The number of rotatable bonds is 5. The van der Waals surface area contributed by atoms with Crippen LogP contribution >= 0.6 is 39.3 Å². The first-order valence-corrected chi connectivity index (χ1v) is 7.15. The van der Waals surface area contributed by atoms with E-state index >= 15 is 0 Å². The zero-order chi connectivity index (χ0) is 12.1. The maximum atomic E-state index is 13.6. The summed E-state index contributed by atoms with van der Waals surface area (Å²) in [5, 5.41) is -0.0358. The van der Waals surface area contributed by atoms with Gasteiger partial charge in [-0.3, -0.25) is 4.79 Å². The van der Waals surface area contributed by atoms with Crippen molar-refractivity contribution < 1.29 is 9.18 Å². The van der Waals surface area contributed by atoms with Gasteiger partial charge < -0.3 is 0 Å². The molecule has 0 radical (unpaired) electrons. The zero-order valence-corrected chi connectivity index (χ0v) is 11.9. The fourth-order valence-electron chi connectivity index (χ4n) is 1.13. The van der Waals surface area contributed by atoms with Crippen LogP contribution in [0.2, 0.25) is 5.02 Å². The van der Waals surface area contributed by atoms with Crippen molar-refractivity contribution in [2.45, 2.75) is 13.3 Å². The summed E-state index contributed by atoms with van der Waals surface area (Å²) in [5.41, 5.74) is 0.0665. The number of benzene rings is 1. The number of hydrogen-bond acceptors (Lipinski definition) is 2. The van der Waals surface area contributed by atoms with Crippen LogP contribution in [0.5, 0.6) is 0 Å². The van der Waals surface area contributed by atoms with Gasteiger partial charge in [-0.2, -0.15) is 11.8 Å². The van der Waals surface area contributed by atoms with Crippen LogP contribution in [0.3, 0.4) is 0 Å². The van der Waals surface area contributed by atoms with Gasteiger partial charge in [0.25, 0.3) is 0 Å². The summed E-state index contributed by atoms with van der Waals surface area (Å²) in [7, 11) is 0. The Morgan fingerprint density at radius 3 is 2.88 bits per heavy atom. The molecular weight excluding hydrogens is 315 g/mol. The van der Waals surface area contributed by atoms with Crippen molar-refractivity contribution in [3.05, 3.63) is 33.0 Å². The Morgan fingerprint density at radius 1 is 1.56 bits per heavy atom. The Labute approximate surface area is 112 Å². The van der Waals surface area contributed by atoms with E-state index in [1.54, 1.807) is 6.07 Å². The van der Waals surface area contributed by atoms with Gasteiger partial charge in [-0.05, 0) is 40.2 Å². The fraction of sp³-hybridized carbons (Fsp3) is 0.364. The largest absolute Gasteiger partial charge is 0.293 e. The van der Waals surface area contributed by atoms with Crippen molar-refractivity contribution in [1.82, 2.24) is 0 Å². The highest BCUT2D eigenvalue weighted by Gasteiger charge is 2.16. The molecule has 0 saturated heterocycles. The molecule has 0 N–H and O–H groups in total. The van der Waals surface area contributed by atoms with Crippen LogP contribution in [0.1, 0.15) is 23.7 Å². The smallest absolute Gasteiger partial charge is 0.175 e. The Kier molecular flexibility index (Phi) is 5.79. The molecule has 0 aliphatic carbocycles. The van der Waals surface area contributed by atoms with Crippen molar-refractivity contribution in [3.8, 4) is 0 Å². The maximum absolute atomic E-state index is 13.6. The van der Waals surface area contributed by atoms with Gasteiger partial charge in [0.15, 0.2) is 11.6 Å². The van der Waals surface area contributed by atoms with E-state index in [4.69, 9.17) is 11.6 Å². The van der Waals surface area contributed by atoms with E-state index in [-0.39, 0.29) is 16.4 Å². The molecule has 0 aliphatic heterocycles. The van der Waals surface area contributed by atoms with E-state index < -0.39 is 5.82 Å². The maximum Gasteiger partial charge on any atom is 0.175 e. The normalized spacial score (nSPS) is 10.5. The summed E-state index contributed by atoms with van der Waals surface area (Å²) < 4.78 is 14.1. The van der Waals surface area contributed by atoms with E-state index in [2.05, 4.69) is 15.9 Å². The molecule has 1 rings (SSSR count). The van der Waals surface area contributed by atoms with Crippen LogP contribution in [-0.4, -0.2) is 17.3 Å². The molecule has 0 unspecified atom stereocenters. The molecule has 0 bridgehead atoms. The molecule has 0 fully saturated rings. The second-order valence-electron chi connectivity index (χ2n) is 3.20. The molecule has 0 aliphatic rings. The summed E-state index contributed by atoms with van der Waals surface area (Å²) in [6.45, 7) is 2.04. The fourth-order valence-corrected chi connectivity index (χ4v) is 2.37. The van der Waals surface area contributed by atoms with Gasteiger partial charge in [0.1, 0.15) is 0 Å². The molecule has 0 saturated carbocycles. The lowest BCUT2D eigenvalue weighted by molar-refractivity contribution is 0.101. The topological polar surface area (TPSA) is 17.1 Å². The summed E-state index contributed by atoms with van der Waals surface area (Å²) in [6.07, 6.45) is 1.00. The molecule has 16 heavy (non-hydrogen) atoms. The number of ketones is 1. The minimum Gasteiger partial charge on any atom is -0.293 e. The molecule has 0 aromatic heterocycles. The third-order valence-electron chi connectivity index (χ3n) is 1.92. The first-order chi connectivity index (χ1) is 7.57. The summed E-state index contributed by atoms with van der Waals surface area (Å²) >= 11 is 10.3. The summed E-state index contributed by atoms with van der Waals surface area (Å²) in [5.74, 6) is 0.337. The predicted octanol–water partition coefficient (Wildman–Crippen LogP) is 4.57. The Hall–Kier alpha value is -0.0600. The first-order valence-electron chi connectivity index (χ1n) is 4.82. The van der Waals surface area contributed by atoms with Gasteiger partial charge >= 0.3 is 0 Å². The van der Waals surface area contributed by atoms with Crippen molar-refractivity contribution in [3.63, 3.8) is 0 Å². The SMILES string of the molecule is CCCSCC(=O)c1ccc(Br)c(Cl)c1F. The van der Waals surface area contributed by atoms with Crippen molar-refractivity contribution >= 4 is 45.1 Å².